The van der Waals surface area contributed by atoms with Gasteiger partial charge in [0.15, 0.2) is 23.8 Å². The van der Waals surface area contributed by atoms with Crippen molar-refractivity contribution in [2.75, 3.05) is 18.5 Å². The Morgan fingerprint density at radius 2 is 1.94 bits per heavy atom. The summed E-state index contributed by atoms with van der Waals surface area (Å²) >= 11 is 0. The number of anilines is 1. The summed E-state index contributed by atoms with van der Waals surface area (Å²) in [6.45, 7) is 7.68. The van der Waals surface area contributed by atoms with Crippen LogP contribution < -0.4 is 14.8 Å². The van der Waals surface area contributed by atoms with Crippen molar-refractivity contribution < 1.29 is 23.7 Å². The summed E-state index contributed by atoms with van der Waals surface area (Å²) in [6.07, 6.45) is 3.12. The zero-order valence-electron chi connectivity index (χ0n) is 19.5. The highest BCUT2D eigenvalue weighted by atomic mass is 16.6. The Hall–Kier alpha value is -4.14. The zero-order valence-corrected chi connectivity index (χ0v) is 19.5. The first-order valence-electron chi connectivity index (χ1n) is 10.9. The van der Waals surface area contributed by atoms with Crippen molar-refractivity contribution in [3.63, 3.8) is 0 Å². The summed E-state index contributed by atoms with van der Waals surface area (Å²) in [4.78, 5) is 23.2. The minimum absolute atomic E-state index is 0.0548. The van der Waals surface area contributed by atoms with Crippen molar-refractivity contribution in [3.8, 4) is 11.5 Å². The average Bonchev–Trinajstić information content (AvgIpc) is 3.18. The van der Waals surface area contributed by atoms with Crippen LogP contribution in [-0.2, 0) is 4.79 Å². The molecule has 3 aromatic rings. The Labute approximate surface area is 197 Å². The van der Waals surface area contributed by atoms with Crippen LogP contribution in [0.2, 0.25) is 0 Å². The third kappa shape index (κ3) is 6.00. The Morgan fingerprint density at radius 1 is 1.18 bits per heavy atom. The molecule has 0 saturated carbocycles. The van der Waals surface area contributed by atoms with E-state index in [0.29, 0.717) is 23.7 Å². The van der Waals surface area contributed by atoms with Crippen molar-refractivity contribution in [1.82, 2.24) is 5.16 Å². The van der Waals surface area contributed by atoms with Gasteiger partial charge in [-0.3, -0.25) is 14.9 Å². The van der Waals surface area contributed by atoms with Crippen LogP contribution in [0.25, 0.3) is 12.2 Å². The van der Waals surface area contributed by atoms with Gasteiger partial charge in [0.1, 0.15) is 0 Å². The molecule has 1 heterocycles. The van der Waals surface area contributed by atoms with Gasteiger partial charge in [0.2, 0.25) is 5.76 Å². The Bertz CT molecular complexity index is 1200. The van der Waals surface area contributed by atoms with E-state index in [9.17, 15) is 14.9 Å². The Kier molecular flexibility index (Phi) is 8.02. The number of hydrogen-bond acceptors (Lipinski definition) is 7. The lowest BCUT2D eigenvalue weighted by atomic mass is 10.0. The smallest absolute Gasteiger partial charge is 0.338 e. The fraction of sp³-hybridized carbons (Fsp3) is 0.280. The van der Waals surface area contributed by atoms with Gasteiger partial charge in [0, 0.05) is 5.69 Å². The predicted octanol–water partition coefficient (Wildman–Crippen LogP) is 5.60. The third-order valence-electron chi connectivity index (χ3n) is 4.95. The van der Waals surface area contributed by atoms with Gasteiger partial charge in [-0.25, -0.2) is 0 Å². The van der Waals surface area contributed by atoms with Crippen molar-refractivity contribution in [2.24, 2.45) is 0 Å². The molecule has 9 heteroatoms. The second kappa shape index (κ2) is 11.1. The topological polar surface area (TPSA) is 117 Å². The normalized spacial score (nSPS) is 11.1. The predicted molar refractivity (Wildman–Crippen MR) is 129 cm³/mol. The number of nitro groups is 1. The van der Waals surface area contributed by atoms with Crippen LogP contribution in [-0.4, -0.2) is 29.2 Å². The van der Waals surface area contributed by atoms with Gasteiger partial charge in [-0.2, -0.15) is 0 Å². The number of hydrogen-bond donors (Lipinski definition) is 1. The van der Waals surface area contributed by atoms with E-state index >= 15 is 0 Å². The van der Waals surface area contributed by atoms with Crippen LogP contribution in [0.15, 0.2) is 47.0 Å². The molecule has 0 atom stereocenters. The number of nitrogens with one attached hydrogen (secondary N) is 1. The van der Waals surface area contributed by atoms with Crippen molar-refractivity contribution >= 4 is 29.4 Å². The first-order chi connectivity index (χ1) is 16.3. The SMILES string of the molecule is CCOc1cc(/C=C\c2onc(C)c2[N+](=O)[O-])ccc1OCC(=O)Nc1ccccc1C(C)C. The number of nitrogens with zero attached hydrogens (tertiary/aromatic N) is 2. The maximum absolute atomic E-state index is 12.5. The number of amides is 1. The molecule has 0 aliphatic carbocycles. The third-order valence-corrected chi connectivity index (χ3v) is 4.95. The molecule has 0 spiro atoms. The highest BCUT2D eigenvalue weighted by molar-refractivity contribution is 5.92. The van der Waals surface area contributed by atoms with Gasteiger partial charge >= 0.3 is 5.69 Å². The molecule has 3 rings (SSSR count). The second-order valence-electron chi connectivity index (χ2n) is 7.79. The lowest BCUT2D eigenvalue weighted by Gasteiger charge is -2.15. The van der Waals surface area contributed by atoms with Crippen molar-refractivity contribution in [2.45, 2.75) is 33.6 Å². The highest BCUT2D eigenvalue weighted by Gasteiger charge is 2.22. The highest BCUT2D eigenvalue weighted by Crippen LogP contribution is 2.31. The zero-order chi connectivity index (χ0) is 24.7. The molecule has 2 aromatic carbocycles. The quantitative estimate of drug-likeness (QED) is 0.306. The molecule has 1 aromatic heterocycles. The van der Waals surface area contributed by atoms with Crippen LogP contribution in [0.4, 0.5) is 11.4 Å². The molecule has 1 amide bonds. The fourth-order valence-corrected chi connectivity index (χ4v) is 3.35. The van der Waals surface area contributed by atoms with Gasteiger partial charge in [-0.05, 0) is 55.2 Å². The van der Waals surface area contributed by atoms with Crippen LogP contribution in [0.1, 0.15) is 49.3 Å². The first kappa shape index (κ1) is 24.5. The summed E-state index contributed by atoms with van der Waals surface area (Å²) in [5, 5.41) is 17.7. The average molecular weight is 466 g/mol. The molecule has 0 radical (unpaired) electrons. The molecule has 0 fully saturated rings. The van der Waals surface area contributed by atoms with E-state index in [2.05, 4.69) is 24.3 Å². The molecule has 0 aliphatic heterocycles. The lowest BCUT2D eigenvalue weighted by molar-refractivity contribution is -0.386. The van der Waals surface area contributed by atoms with Gasteiger partial charge in [0.25, 0.3) is 5.91 Å². The number of aromatic nitrogens is 1. The lowest BCUT2D eigenvalue weighted by Crippen LogP contribution is -2.21. The molecule has 34 heavy (non-hydrogen) atoms. The van der Waals surface area contributed by atoms with Gasteiger partial charge in [-0.15, -0.1) is 0 Å². The van der Waals surface area contributed by atoms with E-state index in [4.69, 9.17) is 14.0 Å². The molecule has 1 N–H and O–H groups in total. The number of para-hydroxylation sites is 1. The molecule has 9 nitrogen and oxygen atoms in total. The first-order valence-corrected chi connectivity index (χ1v) is 10.9. The summed E-state index contributed by atoms with van der Waals surface area (Å²) in [6, 6.07) is 12.8. The number of rotatable bonds is 10. The maximum Gasteiger partial charge on any atom is 0.338 e. The standard InChI is InChI=1S/C25H27N3O6/c1-5-32-23-14-18(11-13-22-25(28(30)31)17(4)27-34-22)10-12-21(23)33-15-24(29)26-20-9-7-6-8-19(20)16(2)3/h6-14,16H,5,15H2,1-4H3,(H,26,29)/b13-11-. The van der Waals surface area contributed by atoms with Gasteiger partial charge in [0.05, 0.1) is 11.5 Å². The van der Waals surface area contributed by atoms with Crippen LogP contribution in [0.3, 0.4) is 0 Å². The number of carbonyl (C=O) groups is 1. The molecular formula is C25H27N3O6. The minimum Gasteiger partial charge on any atom is -0.490 e. The summed E-state index contributed by atoms with van der Waals surface area (Å²) < 4.78 is 16.4. The van der Waals surface area contributed by atoms with Gasteiger partial charge < -0.3 is 19.3 Å². The monoisotopic (exact) mass is 465 g/mol. The van der Waals surface area contributed by atoms with Gasteiger partial charge in [-0.1, -0.05) is 49.3 Å². The van der Waals surface area contributed by atoms with E-state index in [-0.39, 0.29) is 35.6 Å². The van der Waals surface area contributed by atoms with E-state index < -0.39 is 4.92 Å². The number of carbonyl (C=O) groups excluding carboxylic acids is 1. The van der Waals surface area contributed by atoms with Crippen molar-refractivity contribution in [3.05, 3.63) is 75.2 Å². The molecule has 0 unspecified atom stereocenters. The van der Waals surface area contributed by atoms with Crippen LogP contribution in [0.5, 0.6) is 11.5 Å². The minimum atomic E-state index is -0.529. The van der Waals surface area contributed by atoms with Crippen LogP contribution in [0, 0.1) is 17.0 Å². The van der Waals surface area contributed by atoms with Crippen LogP contribution >= 0.6 is 0 Å². The van der Waals surface area contributed by atoms with Crippen molar-refractivity contribution in [1.29, 1.82) is 0 Å². The van der Waals surface area contributed by atoms with E-state index in [1.165, 1.54) is 13.0 Å². The van der Waals surface area contributed by atoms with E-state index in [1.807, 2.05) is 31.2 Å². The number of ether oxygens (including phenoxy) is 2. The molecule has 178 valence electrons. The fourth-order valence-electron chi connectivity index (χ4n) is 3.35. The second-order valence-corrected chi connectivity index (χ2v) is 7.79. The van der Waals surface area contributed by atoms with E-state index in [0.717, 1.165) is 11.3 Å². The number of benzene rings is 2. The Morgan fingerprint density at radius 3 is 2.65 bits per heavy atom. The van der Waals surface area contributed by atoms with E-state index in [1.54, 1.807) is 24.3 Å². The molecule has 0 saturated heterocycles. The Balaban J connectivity index is 1.71. The number of aryl methyl sites for hydroxylation is 1. The largest absolute Gasteiger partial charge is 0.490 e. The summed E-state index contributed by atoms with van der Waals surface area (Å²) in [5.74, 6) is 0.896. The molecule has 0 aliphatic rings. The summed E-state index contributed by atoms with van der Waals surface area (Å²) in [5.41, 5.74) is 2.54. The molecular weight excluding hydrogens is 438 g/mol. The molecule has 0 bridgehead atoms. The maximum atomic E-state index is 12.5. The summed E-state index contributed by atoms with van der Waals surface area (Å²) in [7, 11) is 0.